The predicted molar refractivity (Wildman–Crippen MR) is 160 cm³/mol. The lowest BCUT2D eigenvalue weighted by atomic mass is 10.2. The molecule has 0 spiro atoms. The Bertz CT molecular complexity index is 1530. The minimum atomic E-state index is -0.411. The van der Waals surface area contributed by atoms with Crippen LogP contribution in [-0.2, 0) is 11.4 Å². The van der Waals surface area contributed by atoms with Gasteiger partial charge >= 0.3 is 0 Å². The summed E-state index contributed by atoms with van der Waals surface area (Å²) in [6.07, 6.45) is 1.51. The molecule has 4 aromatic carbocycles. The zero-order valence-electron chi connectivity index (χ0n) is 22.1. The summed E-state index contributed by atoms with van der Waals surface area (Å²) in [6, 6.07) is 26.1. The van der Waals surface area contributed by atoms with Gasteiger partial charge in [-0.25, -0.2) is 5.43 Å². The van der Waals surface area contributed by atoms with Crippen LogP contribution in [0.2, 0.25) is 10.0 Å². The summed E-state index contributed by atoms with van der Waals surface area (Å²) < 4.78 is 17.1. The third kappa shape index (κ3) is 8.73. The van der Waals surface area contributed by atoms with Crippen molar-refractivity contribution in [3.05, 3.63) is 118 Å². The molecular weight excluding hydrogens is 565 g/mol. The molecule has 210 valence electrons. The molecular formula is C31H27Cl2N3O5. The number of amides is 2. The molecule has 0 aromatic heterocycles. The number of hydrogen-bond donors (Lipinski definition) is 2. The first kappa shape index (κ1) is 29.5. The minimum absolute atomic E-state index is 0.208. The van der Waals surface area contributed by atoms with Crippen LogP contribution in [0.4, 0.5) is 5.69 Å². The Kier molecular flexibility index (Phi) is 10.6. The van der Waals surface area contributed by atoms with Crippen LogP contribution < -0.4 is 25.0 Å². The summed E-state index contributed by atoms with van der Waals surface area (Å²) in [5.74, 6) is 0.758. The van der Waals surface area contributed by atoms with Gasteiger partial charge in [-0.1, -0.05) is 53.5 Å². The summed E-state index contributed by atoms with van der Waals surface area (Å²) in [6.45, 7) is 2.41. The van der Waals surface area contributed by atoms with Crippen LogP contribution in [-0.4, -0.2) is 31.2 Å². The Balaban J connectivity index is 1.29. The van der Waals surface area contributed by atoms with Crippen molar-refractivity contribution >= 4 is 46.9 Å². The molecule has 0 radical (unpaired) electrons. The molecule has 4 rings (SSSR count). The number of carbonyl (C=O) groups is 2. The molecule has 0 unspecified atom stereocenters. The van der Waals surface area contributed by atoms with E-state index in [-0.39, 0.29) is 12.5 Å². The van der Waals surface area contributed by atoms with Crippen molar-refractivity contribution in [1.82, 2.24) is 5.43 Å². The zero-order valence-corrected chi connectivity index (χ0v) is 23.6. The fourth-order valence-electron chi connectivity index (χ4n) is 3.60. The second-order valence-electron chi connectivity index (χ2n) is 8.56. The highest BCUT2D eigenvalue weighted by Gasteiger charge is 2.10. The molecule has 10 heteroatoms. The summed E-state index contributed by atoms with van der Waals surface area (Å²) in [5.41, 5.74) is 4.94. The maximum absolute atomic E-state index is 12.5. The Labute approximate surface area is 247 Å². The number of hydrogen-bond acceptors (Lipinski definition) is 6. The third-order valence-corrected chi connectivity index (χ3v) is 6.30. The monoisotopic (exact) mass is 591 g/mol. The number of anilines is 1. The molecule has 2 N–H and O–H groups in total. The van der Waals surface area contributed by atoms with Crippen molar-refractivity contribution < 1.29 is 23.8 Å². The fourth-order valence-corrected chi connectivity index (χ4v) is 3.98. The van der Waals surface area contributed by atoms with Gasteiger partial charge in [0.1, 0.15) is 12.4 Å². The average Bonchev–Trinajstić information content (AvgIpc) is 2.97. The largest absolute Gasteiger partial charge is 0.490 e. The first-order valence-electron chi connectivity index (χ1n) is 12.7. The number of hydrazone groups is 1. The molecule has 0 bridgehead atoms. The van der Waals surface area contributed by atoms with E-state index < -0.39 is 5.91 Å². The highest BCUT2D eigenvalue weighted by molar-refractivity contribution is 6.32. The normalized spacial score (nSPS) is 10.7. The van der Waals surface area contributed by atoms with Gasteiger partial charge in [0.2, 0.25) is 0 Å². The molecule has 4 aromatic rings. The van der Waals surface area contributed by atoms with Gasteiger partial charge in [0.05, 0.1) is 17.8 Å². The highest BCUT2D eigenvalue weighted by Crippen LogP contribution is 2.29. The Morgan fingerprint density at radius 1 is 0.805 bits per heavy atom. The van der Waals surface area contributed by atoms with E-state index in [0.717, 1.165) is 5.56 Å². The van der Waals surface area contributed by atoms with Gasteiger partial charge < -0.3 is 19.5 Å². The first-order chi connectivity index (χ1) is 19.9. The molecule has 0 aliphatic heterocycles. The van der Waals surface area contributed by atoms with Crippen molar-refractivity contribution in [2.24, 2.45) is 5.10 Å². The van der Waals surface area contributed by atoms with E-state index in [1.165, 1.54) is 6.21 Å². The minimum Gasteiger partial charge on any atom is -0.490 e. The molecule has 0 saturated carbocycles. The maximum Gasteiger partial charge on any atom is 0.271 e. The second-order valence-corrected chi connectivity index (χ2v) is 9.38. The first-order valence-corrected chi connectivity index (χ1v) is 13.4. The number of nitrogens with zero attached hydrogens (tertiary/aromatic N) is 1. The Hall–Kier alpha value is -4.53. The van der Waals surface area contributed by atoms with Gasteiger partial charge in [0, 0.05) is 21.8 Å². The van der Waals surface area contributed by atoms with Crippen LogP contribution >= 0.6 is 23.2 Å². The van der Waals surface area contributed by atoms with Crippen LogP contribution in [0.5, 0.6) is 17.2 Å². The topological polar surface area (TPSA) is 98.2 Å². The van der Waals surface area contributed by atoms with Crippen LogP contribution in [0.3, 0.4) is 0 Å². The molecule has 2 amide bonds. The van der Waals surface area contributed by atoms with Gasteiger partial charge in [0.25, 0.3) is 11.8 Å². The van der Waals surface area contributed by atoms with Gasteiger partial charge in [-0.05, 0) is 73.2 Å². The molecule has 0 heterocycles. The summed E-state index contributed by atoms with van der Waals surface area (Å²) in [5, 5.41) is 7.80. The molecule has 0 aliphatic carbocycles. The number of benzene rings is 4. The van der Waals surface area contributed by atoms with Gasteiger partial charge in [-0.3, -0.25) is 9.59 Å². The lowest BCUT2D eigenvalue weighted by Gasteiger charge is -2.13. The number of ether oxygens (including phenoxy) is 3. The molecule has 0 atom stereocenters. The van der Waals surface area contributed by atoms with Crippen LogP contribution in [0.15, 0.2) is 96.1 Å². The second kappa shape index (κ2) is 14.7. The SMILES string of the molecule is CCOc1cc(/C=N/NC(=O)c2ccc(NC(=O)COc3ccccc3Cl)cc2)ccc1OCc1ccccc1Cl. The quantitative estimate of drug-likeness (QED) is 0.140. The summed E-state index contributed by atoms with van der Waals surface area (Å²) in [4.78, 5) is 24.7. The van der Waals surface area contributed by atoms with Crippen LogP contribution in [0.1, 0.15) is 28.4 Å². The molecule has 0 fully saturated rings. The lowest BCUT2D eigenvalue weighted by Crippen LogP contribution is -2.20. The standard InChI is InChI=1S/C31H27Cl2N3O5/c1-2-39-29-17-21(11-16-28(29)40-19-23-7-3-4-8-25(23)32)18-34-36-31(38)22-12-14-24(15-13-22)35-30(37)20-41-27-10-6-5-9-26(27)33/h3-18H,2,19-20H2,1H3,(H,35,37)(H,36,38)/b34-18+. The highest BCUT2D eigenvalue weighted by atomic mass is 35.5. The van der Waals surface area contributed by atoms with Gasteiger partial charge in [-0.15, -0.1) is 0 Å². The van der Waals surface area contributed by atoms with E-state index in [0.29, 0.717) is 57.3 Å². The molecule has 0 saturated heterocycles. The van der Waals surface area contributed by atoms with E-state index in [9.17, 15) is 9.59 Å². The van der Waals surface area contributed by atoms with Crippen molar-refractivity contribution in [3.8, 4) is 17.2 Å². The van der Waals surface area contributed by atoms with Gasteiger partial charge in [0.15, 0.2) is 18.1 Å². The van der Waals surface area contributed by atoms with Crippen molar-refractivity contribution in [3.63, 3.8) is 0 Å². The Morgan fingerprint density at radius 2 is 1.54 bits per heavy atom. The van der Waals surface area contributed by atoms with Gasteiger partial charge in [-0.2, -0.15) is 5.10 Å². The number of nitrogens with one attached hydrogen (secondary N) is 2. The molecule has 8 nitrogen and oxygen atoms in total. The summed E-state index contributed by atoms with van der Waals surface area (Å²) in [7, 11) is 0. The third-order valence-electron chi connectivity index (χ3n) is 5.61. The maximum atomic E-state index is 12.5. The van der Waals surface area contributed by atoms with Crippen molar-refractivity contribution in [2.45, 2.75) is 13.5 Å². The number of rotatable bonds is 12. The number of halogens is 2. The van der Waals surface area contributed by atoms with E-state index in [1.807, 2.05) is 31.2 Å². The Morgan fingerprint density at radius 3 is 2.27 bits per heavy atom. The average molecular weight is 592 g/mol. The molecule has 41 heavy (non-hydrogen) atoms. The predicted octanol–water partition coefficient (Wildman–Crippen LogP) is 6.75. The number of para-hydroxylation sites is 1. The van der Waals surface area contributed by atoms with E-state index >= 15 is 0 Å². The van der Waals surface area contributed by atoms with E-state index in [4.69, 9.17) is 37.4 Å². The molecule has 0 aliphatic rings. The van der Waals surface area contributed by atoms with Crippen molar-refractivity contribution in [1.29, 1.82) is 0 Å². The van der Waals surface area contributed by atoms with E-state index in [1.54, 1.807) is 66.7 Å². The number of carbonyl (C=O) groups excluding carboxylic acids is 2. The summed E-state index contributed by atoms with van der Waals surface area (Å²) >= 11 is 12.2. The smallest absolute Gasteiger partial charge is 0.271 e. The van der Waals surface area contributed by atoms with Crippen LogP contribution in [0.25, 0.3) is 0 Å². The van der Waals surface area contributed by atoms with E-state index in [2.05, 4.69) is 15.8 Å². The lowest BCUT2D eigenvalue weighted by molar-refractivity contribution is -0.118. The zero-order chi connectivity index (χ0) is 29.0. The van der Waals surface area contributed by atoms with Crippen LogP contribution in [0, 0.1) is 0 Å². The fraction of sp³-hybridized carbons (Fsp3) is 0.129. The van der Waals surface area contributed by atoms with Crippen molar-refractivity contribution in [2.75, 3.05) is 18.5 Å².